The van der Waals surface area contributed by atoms with E-state index in [0.717, 1.165) is 27.9 Å². The predicted molar refractivity (Wildman–Crippen MR) is 119 cm³/mol. The van der Waals surface area contributed by atoms with E-state index in [0.29, 0.717) is 17.1 Å². The summed E-state index contributed by atoms with van der Waals surface area (Å²) in [4.78, 5) is 17.2. The van der Waals surface area contributed by atoms with Gasteiger partial charge in [0, 0.05) is 17.1 Å². The number of nitrogens with one attached hydrogen (secondary N) is 1. The van der Waals surface area contributed by atoms with E-state index in [4.69, 9.17) is 16.3 Å². The monoisotopic (exact) mass is 419 g/mol. The third-order valence-electron chi connectivity index (χ3n) is 5.11. The van der Waals surface area contributed by atoms with Crippen LogP contribution in [0.5, 0.6) is 5.75 Å². The summed E-state index contributed by atoms with van der Waals surface area (Å²) < 4.78 is 7.24. The van der Waals surface area contributed by atoms with Crippen LogP contribution in [0.2, 0.25) is 5.02 Å². The Labute approximate surface area is 180 Å². The first-order valence-electron chi connectivity index (χ1n) is 9.67. The molecule has 4 rings (SSSR count). The third kappa shape index (κ3) is 4.31. The normalized spacial score (nSPS) is 12.0. The van der Waals surface area contributed by atoms with Crippen molar-refractivity contribution in [1.82, 2.24) is 14.9 Å². The molecule has 1 atom stereocenters. The van der Waals surface area contributed by atoms with Gasteiger partial charge in [-0.1, -0.05) is 35.9 Å². The Balaban J connectivity index is 1.48. The second kappa shape index (κ2) is 8.59. The molecule has 0 bridgehead atoms. The van der Waals surface area contributed by atoms with Crippen LogP contribution >= 0.6 is 11.6 Å². The molecule has 6 heteroatoms. The first kappa shape index (κ1) is 20.0. The second-order valence-electron chi connectivity index (χ2n) is 7.17. The number of hydrogen-bond donors (Lipinski definition) is 1. The summed E-state index contributed by atoms with van der Waals surface area (Å²) in [5.74, 6) is 0.657. The number of aromatic nitrogens is 2. The Bertz CT molecular complexity index is 1170. The molecule has 4 aromatic rings. The molecule has 3 aromatic carbocycles. The number of fused-ring (bicyclic) bond motifs is 1. The van der Waals surface area contributed by atoms with Gasteiger partial charge in [0.1, 0.15) is 5.75 Å². The molecule has 1 aromatic heterocycles. The Kier molecular flexibility index (Phi) is 5.72. The van der Waals surface area contributed by atoms with E-state index < -0.39 is 0 Å². The summed E-state index contributed by atoms with van der Waals surface area (Å²) in [5, 5.41) is 3.76. The highest BCUT2D eigenvalue weighted by atomic mass is 35.5. The van der Waals surface area contributed by atoms with Crippen LogP contribution in [0, 0.1) is 0 Å². The van der Waals surface area contributed by atoms with E-state index in [1.54, 1.807) is 13.4 Å². The number of rotatable bonds is 6. The number of imidazole rings is 1. The number of amides is 1. The Hall–Kier alpha value is -3.31. The van der Waals surface area contributed by atoms with E-state index >= 15 is 0 Å². The Morgan fingerprint density at radius 1 is 1.10 bits per heavy atom. The summed E-state index contributed by atoms with van der Waals surface area (Å²) in [6.45, 7) is 2.65. The molecule has 152 valence electrons. The van der Waals surface area contributed by atoms with Gasteiger partial charge in [0.15, 0.2) is 0 Å². The molecule has 30 heavy (non-hydrogen) atoms. The summed E-state index contributed by atoms with van der Waals surface area (Å²) in [6.07, 6.45) is 1.79. The molecule has 0 spiro atoms. The van der Waals surface area contributed by atoms with Gasteiger partial charge in [0.05, 0.1) is 30.5 Å². The molecular formula is C24H22ClN3O2. The molecule has 0 aliphatic heterocycles. The molecule has 1 N–H and O–H groups in total. The van der Waals surface area contributed by atoms with Crippen molar-refractivity contribution in [2.45, 2.75) is 19.5 Å². The number of methoxy groups -OCH3 is 1. The minimum absolute atomic E-state index is 0.124. The van der Waals surface area contributed by atoms with Crippen LogP contribution in [0.3, 0.4) is 0 Å². The summed E-state index contributed by atoms with van der Waals surface area (Å²) in [5.41, 5.74) is 4.49. The van der Waals surface area contributed by atoms with Gasteiger partial charge in [-0.3, -0.25) is 4.79 Å². The van der Waals surface area contributed by atoms with Crippen LogP contribution in [-0.4, -0.2) is 22.6 Å². The highest BCUT2D eigenvalue weighted by Gasteiger charge is 2.13. The average Bonchev–Trinajstić information content (AvgIpc) is 3.17. The van der Waals surface area contributed by atoms with Crippen molar-refractivity contribution < 1.29 is 9.53 Å². The number of ether oxygens (including phenoxy) is 1. The van der Waals surface area contributed by atoms with Gasteiger partial charge in [0.25, 0.3) is 5.91 Å². The lowest BCUT2D eigenvalue weighted by molar-refractivity contribution is 0.0940. The molecular weight excluding hydrogens is 398 g/mol. The van der Waals surface area contributed by atoms with Gasteiger partial charge < -0.3 is 14.6 Å². The first-order valence-corrected chi connectivity index (χ1v) is 10.1. The van der Waals surface area contributed by atoms with Crippen molar-refractivity contribution >= 4 is 28.5 Å². The summed E-state index contributed by atoms with van der Waals surface area (Å²) in [7, 11) is 1.63. The maximum Gasteiger partial charge on any atom is 0.251 e. The lowest BCUT2D eigenvalue weighted by atomic mass is 10.1. The Morgan fingerprint density at radius 2 is 1.83 bits per heavy atom. The molecule has 1 heterocycles. The summed E-state index contributed by atoms with van der Waals surface area (Å²) >= 11 is 5.96. The number of carbonyl (C=O) groups excluding carboxylic acids is 1. The van der Waals surface area contributed by atoms with Crippen LogP contribution in [0.15, 0.2) is 73.1 Å². The minimum atomic E-state index is -0.132. The van der Waals surface area contributed by atoms with Crippen LogP contribution < -0.4 is 10.1 Å². The zero-order valence-electron chi connectivity index (χ0n) is 16.8. The standard InChI is InChI=1S/C24H22ClN3O2/c1-16(18-5-10-21(30-2)11-6-18)27-24(29)19-7-12-23-22(13-19)26-15-28(23)14-17-3-8-20(25)9-4-17/h3-13,15-16H,14H2,1-2H3,(H,27,29)/t16-/m1/s1. The van der Waals surface area contributed by atoms with Crippen LogP contribution in [-0.2, 0) is 6.54 Å². The maximum absolute atomic E-state index is 12.7. The van der Waals surface area contributed by atoms with E-state index in [-0.39, 0.29) is 11.9 Å². The first-order chi connectivity index (χ1) is 14.5. The molecule has 5 nitrogen and oxygen atoms in total. The molecule has 0 aliphatic carbocycles. The minimum Gasteiger partial charge on any atom is -0.497 e. The van der Waals surface area contributed by atoms with Gasteiger partial charge in [-0.25, -0.2) is 4.98 Å². The zero-order chi connectivity index (χ0) is 21.1. The van der Waals surface area contributed by atoms with Crippen LogP contribution in [0.25, 0.3) is 11.0 Å². The SMILES string of the molecule is COc1ccc([C@@H](C)NC(=O)c2ccc3c(c2)ncn3Cc2ccc(Cl)cc2)cc1. The van der Waals surface area contributed by atoms with Gasteiger partial charge in [0.2, 0.25) is 0 Å². The van der Waals surface area contributed by atoms with Crippen LogP contribution in [0.4, 0.5) is 0 Å². The fourth-order valence-electron chi connectivity index (χ4n) is 3.37. The molecule has 0 saturated heterocycles. The molecule has 1 amide bonds. The number of hydrogen-bond acceptors (Lipinski definition) is 3. The summed E-state index contributed by atoms with van der Waals surface area (Å²) in [6, 6.07) is 20.9. The van der Waals surface area contributed by atoms with E-state index in [9.17, 15) is 4.79 Å². The Morgan fingerprint density at radius 3 is 2.53 bits per heavy atom. The highest BCUT2D eigenvalue weighted by Crippen LogP contribution is 2.20. The van der Waals surface area contributed by atoms with Crippen molar-refractivity contribution in [2.24, 2.45) is 0 Å². The van der Waals surface area contributed by atoms with Gasteiger partial charge in [-0.2, -0.15) is 0 Å². The molecule has 0 aliphatic rings. The van der Waals surface area contributed by atoms with Gasteiger partial charge in [-0.05, 0) is 60.5 Å². The van der Waals surface area contributed by atoms with E-state index in [1.807, 2.05) is 73.7 Å². The quantitative estimate of drug-likeness (QED) is 0.465. The van der Waals surface area contributed by atoms with E-state index in [2.05, 4.69) is 14.9 Å². The topological polar surface area (TPSA) is 56.1 Å². The number of halogens is 1. The van der Waals surface area contributed by atoms with Crippen molar-refractivity contribution in [2.75, 3.05) is 7.11 Å². The highest BCUT2D eigenvalue weighted by molar-refractivity contribution is 6.30. The molecule has 0 radical (unpaired) electrons. The average molecular weight is 420 g/mol. The second-order valence-corrected chi connectivity index (χ2v) is 7.61. The van der Waals surface area contributed by atoms with Crippen molar-refractivity contribution in [3.05, 3.63) is 94.8 Å². The molecule has 0 fully saturated rings. The van der Waals surface area contributed by atoms with Gasteiger partial charge >= 0.3 is 0 Å². The van der Waals surface area contributed by atoms with Crippen molar-refractivity contribution in [3.8, 4) is 5.75 Å². The smallest absolute Gasteiger partial charge is 0.251 e. The predicted octanol–water partition coefficient (Wildman–Crippen LogP) is 5.24. The third-order valence-corrected chi connectivity index (χ3v) is 5.36. The maximum atomic E-state index is 12.7. The van der Waals surface area contributed by atoms with E-state index in [1.165, 1.54) is 0 Å². The fourth-order valence-corrected chi connectivity index (χ4v) is 3.50. The lowest BCUT2D eigenvalue weighted by Crippen LogP contribution is -2.26. The van der Waals surface area contributed by atoms with Crippen molar-refractivity contribution in [3.63, 3.8) is 0 Å². The number of benzene rings is 3. The molecule has 0 unspecified atom stereocenters. The fraction of sp³-hybridized carbons (Fsp3) is 0.167. The molecule has 0 saturated carbocycles. The largest absolute Gasteiger partial charge is 0.497 e. The van der Waals surface area contributed by atoms with Crippen LogP contribution in [0.1, 0.15) is 34.5 Å². The van der Waals surface area contributed by atoms with Crippen molar-refractivity contribution in [1.29, 1.82) is 0 Å². The number of nitrogens with zero attached hydrogens (tertiary/aromatic N) is 2. The van der Waals surface area contributed by atoms with Gasteiger partial charge in [-0.15, -0.1) is 0 Å². The number of carbonyl (C=O) groups is 1. The zero-order valence-corrected chi connectivity index (χ0v) is 17.6. The lowest BCUT2D eigenvalue weighted by Gasteiger charge is -2.15.